The summed E-state index contributed by atoms with van der Waals surface area (Å²) in [7, 11) is 0. The number of fused-ring (bicyclic) bond motifs is 9. The molecule has 0 radical (unpaired) electrons. The third-order valence-corrected chi connectivity index (χ3v) is 12.1. The van der Waals surface area contributed by atoms with Crippen LogP contribution in [-0.4, -0.2) is 13.7 Å². The van der Waals surface area contributed by atoms with Crippen molar-refractivity contribution >= 4 is 65.4 Å². The lowest BCUT2D eigenvalue weighted by atomic mass is 9.90. The average molecular weight is 756 g/mol. The number of para-hydroxylation sites is 2. The number of aromatic nitrogens is 3. The smallest absolute Gasteiger partial charge is 0.102 e. The predicted molar refractivity (Wildman–Crippen MR) is 243 cm³/mol. The molecule has 0 atom stereocenters. The molecule has 0 amide bonds. The van der Waals surface area contributed by atoms with Gasteiger partial charge in [0, 0.05) is 37.9 Å². The third-order valence-electron chi connectivity index (χ3n) is 12.1. The van der Waals surface area contributed by atoms with Gasteiger partial charge in [0.05, 0.1) is 61.3 Å². The Morgan fingerprint density at radius 3 is 1.03 bits per heavy atom. The van der Waals surface area contributed by atoms with Crippen LogP contribution in [0, 0.1) is 50.4 Å². The number of benzene rings is 8. The number of hydrogen-bond donors (Lipinski definition) is 0. The van der Waals surface area contributed by atoms with Gasteiger partial charge in [-0.3, -0.25) is 0 Å². The Hall–Kier alpha value is -7.86. The Kier molecular flexibility index (Phi) is 7.48. The number of hydrogen-bond acceptors (Lipinski definition) is 2. The van der Waals surface area contributed by atoms with Crippen LogP contribution >= 0.6 is 0 Å². The van der Waals surface area contributed by atoms with Crippen LogP contribution in [0.4, 0.5) is 0 Å². The molecular formula is C54H37N5. The van der Waals surface area contributed by atoms with E-state index in [4.69, 9.17) is 0 Å². The van der Waals surface area contributed by atoms with Crippen molar-refractivity contribution in [1.82, 2.24) is 13.7 Å². The van der Waals surface area contributed by atoms with Gasteiger partial charge in [0.2, 0.25) is 0 Å². The Bertz CT molecular complexity index is 3340. The highest BCUT2D eigenvalue weighted by atomic mass is 15.1. The minimum atomic E-state index is 0.431. The maximum absolute atomic E-state index is 11.8. The zero-order valence-corrected chi connectivity index (χ0v) is 33.2. The summed E-state index contributed by atoms with van der Waals surface area (Å²) in [4.78, 5) is 0. The minimum Gasteiger partial charge on any atom is -0.306 e. The van der Waals surface area contributed by atoms with E-state index in [-0.39, 0.29) is 0 Å². The van der Waals surface area contributed by atoms with E-state index in [9.17, 15) is 10.5 Å². The molecule has 3 aromatic heterocycles. The van der Waals surface area contributed by atoms with Crippen molar-refractivity contribution in [2.45, 2.75) is 27.7 Å². The van der Waals surface area contributed by atoms with Crippen molar-refractivity contribution in [2.75, 3.05) is 0 Å². The van der Waals surface area contributed by atoms with Crippen LogP contribution in [0.3, 0.4) is 0 Å². The Morgan fingerprint density at radius 1 is 0.339 bits per heavy atom. The normalized spacial score (nSPS) is 11.7. The molecule has 0 aliphatic heterocycles. The summed E-state index contributed by atoms with van der Waals surface area (Å²) in [6.45, 7) is 8.51. The molecule has 3 heterocycles. The van der Waals surface area contributed by atoms with E-state index in [2.05, 4.69) is 175 Å². The van der Waals surface area contributed by atoms with Gasteiger partial charge in [-0.1, -0.05) is 113 Å². The molecule has 0 N–H and O–H groups in total. The second kappa shape index (κ2) is 12.8. The second-order valence-corrected chi connectivity index (χ2v) is 15.9. The van der Waals surface area contributed by atoms with Gasteiger partial charge in [0.15, 0.2) is 0 Å². The highest BCUT2D eigenvalue weighted by molar-refractivity contribution is 6.15. The van der Waals surface area contributed by atoms with Crippen LogP contribution in [0.1, 0.15) is 33.4 Å². The van der Waals surface area contributed by atoms with Crippen LogP contribution in [0.15, 0.2) is 152 Å². The van der Waals surface area contributed by atoms with Crippen molar-refractivity contribution in [3.63, 3.8) is 0 Å². The molecule has 0 spiro atoms. The molecule has 11 aromatic rings. The molecule has 0 aliphatic carbocycles. The number of nitrogens with zero attached hydrogens (tertiary/aromatic N) is 5. The van der Waals surface area contributed by atoms with Gasteiger partial charge in [-0.05, 0) is 93.9 Å². The lowest BCUT2D eigenvalue weighted by Crippen LogP contribution is -2.15. The van der Waals surface area contributed by atoms with Crippen molar-refractivity contribution in [3.8, 4) is 40.3 Å². The number of aryl methyl sites for hydroxylation is 4. The summed E-state index contributed by atoms with van der Waals surface area (Å²) >= 11 is 0. The maximum Gasteiger partial charge on any atom is 0.102 e. The van der Waals surface area contributed by atoms with Gasteiger partial charge in [-0.15, -0.1) is 0 Å². The zero-order valence-electron chi connectivity index (χ0n) is 33.2. The highest BCUT2D eigenvalue weighted by Crippen LogP contribution is 2.48. The van der Waals surface area contributed by atoms with Crippen molar-refractivity contribution < 1.29 is 0 Å². The minimum absolute atomic E-state index is 0.431. The van der Waals surface area contributed by atoms with Crippen molar-refractivity contribution in [3.05, 3.63) is 185 Å². The molecule has 5 heteroatoms. The molecule has 59 heavy (non-hydrogen) atoms. The first-order valence-corrected chi connectivity index (χ1v) is 20.0. The van der Waals surface area contributed by atoms with Crippen LogP contribution in [0.2, 0.25) is 0 Å². The molecule has 0 saturated heterocycles. The van der Waals surface area contributed by atoms with E-state index in [0.717, 1.165) is 98.9 Å². The Morgan fingerprint density at radius 2 is 0.661 bits per heavy atom. The summed E-state index contributed by atoms with van der Waals surface area (Å²) in [6.07, 6.45) is 0. The highest BCUT2D eigenvalue weighted by Gasteiger charge is 2.33. The third kappa shape index (κ3) is 4.89. The fraction of sp³-hybridized carbons (Fsp3) is 0.0741. The molecule has 278 valence electrons. The lowest BCUT2D eigenvalue weighted by molar-refractivity contribution is 1.04. The lowest BCUT2D eigenvalue weighted by Gasteiger charge is -2.26. The van der Waals surface area contributed by atoms with Gasteiger partial charge >= 0.3 is 0 Å². The molecule has 0 bridgehead atoms. The average Bonchev–Trinajstić information content (AvgIpc) is 3.87. The zero-order chi connectivity index (χ0) is 40.1. The van der Waals surface area contributed by atoms with Crippen molar-refractivity contribution in [1.29, 1.82) is 10.5 Å². The standard InChI is InChI=1S/C54H37N5/c1-32-18-22-47-39(26-32)40-27-33(2)19-23-48(40)57(47)52-43(30-55)51(36-12-6-5-7-13-36)44(31-56)53(54(52)59-45-16-10-8-14-37(45)38-15-9-11-17-46(38)59)58-49-24-20-34(3)28-41(49)42-29-35(4)21-25-50(42)58/h5-29H,1-4H3. The molecule has 5 nitrogen and oxygen atoms in total. The molecule has 0 unspecified atom stereocenters. The first kappa shape index (κ1) is 34.4. The molecular weight excluding hydrogens is 719 g/mol. The van der Waals surface area contributed by atoms with E-state index >= 15 is 0 Å². The predicted octanol–water partition coefficient (Wildman–Crippen LogP) is 13.6. The first-order chi connectivity index (χ1) is 28.9. The van der Waals surface area contributed by atoms with E-state index < -0.39 is 0 Å². The van der Waals surface area contributed by atoms with Crippen LogP contribution < -0.4 is 0 Å². The maximum atomic E-state index is 11.8. The molecule has 0 aliphatic rings. The number of nitriles is 2. The van der Waals surface area contributed by atoms with Gasteiger partial charge in [-0.2, -0.15) is 10.5 Å². The van der Waals surface area contributed by atoms with Gasteiger partial charge < -0.3 is 13.7 Å². The van der Waals surface area contributed by atoms with Crippen LogP contribution in [-0.2, 0) is 0 Å². The summed E-state index contributed by atoms with van der Waals surface area (Å²) in [6, 6.07) is 58.7. The Labute approximate surface area is 341 Å². The van der Waals surface area contributed by atoms with E-state index in [0.29, 0.717) is 28.1 Å². The summed E-state index contributed by atoms with van der Waals surface area (Å²) < 4.78 is 6.90. The van der Waals surface area contributed by atoms with Gasteiger partial charge in [0.25, 0.3) is 0 Å². The SMILES string of the molecule is Cc1ccc2c(c1)c1cc(C)ccc1n2-c1c(C#N)c(-c2ccccc2)c(C#N)c(-n2c3ccc(C)cc3c3cc(C)ccc32)c1-n1c2ccccc2c2ccccc21. The van der Waals surface area contributed by atoms with Gasteiger partial charge in [-0.25, -0.2) is 0 Å². The fourth-order valence-corrected chi connectivity index (χ4v) is 9.62. The number of rotatable bonds is 4. The molecule has 0 fully saturated rings. The second-order valence-electron chi connectivity index (χ2n) is 15.9. The van der Waals surface area contributed by atoms with Gasteiger partial charge in [0.1, 0.15) is 12.1 Å². The fourth-order valence-electron chi connectivity index (χ4n) is 9.62. The summed E-state index contributed by atoms with van der Waals surface area (Å²) in [5, 5.41) is 30.2. The largest absolute Gasteiger partial charge is 0.306 e. The quantitative estimate of drug-likeness (QED) is 0.180. The monoisotopic (exact) mass is 755 g/mol. The molecule has 0 saturated carbocycles. The first-order valence-electron chi connectivity index (χ1n) is 20.0. The van der Waals surface area contributed by atoms with E-state index in [1.54, 1.807) is 0 Å². The van der Waals surface area contributed by atoms with E-state index in [1.807, 2.05) is 30.3 Å². The molecule has 11 rings (SSSR count). The Balaban J connectivity index is 1.51. The summed E-state index contributed by atoms with van der Waals surface area (Å²) in [5.74, 6) is 0. The van der Waals surface area contributed by atoms with Crippen LogP contribution in [0.25, 0.3) is 93.6 Å². The molecule has 8 aromatic carbocycles. The van der Waals surface area contributed by atoms with E-state index in [1.165, 1.54) is 0 Å². The topological polar surface area (TPSA) is 62.4 Å². The van der Waals surface area contributed by atoms with Crippen LogP contribution in [0.5, 0.6) is 0 Å². The van der Waals surface area contributed by atoms with Crippen molar-refractivity contribution in [2.24, 2.45) is 0 Å². The summed E-state index contributed by atoms with van der Waals surface area (Å²) in [5.41, 5.74) is 15.0.